The van der Waals surface area contributed by atoms with Crippen molar-refractivity contribution >= 4 is 46.5 Å². The van der Waals surface area contributed by atoms with E-state index in [0.29, 0.717) is 9.13 Å². The molecule has 3 aromatic rings. The molecule has 3 heterocycles. The maximum Gasteiger partial charge on any atom is 0.328 e. The minimum atomic E-state index is -1.11. The number of allylic oxidation sites excluding steroid dienone is 2. The third kappa shape index (κ3) is 15.7. The summed E-state index contributed by atoms with van der Waals surface area (Å²) in [4.78, 5) is 30.7. The number of hydrogen-bond donors (Lipinski definition) is 1. The molecule has 1 N–H and O–H groups in total. The number of nitrogens with zero attached hydrogens (tertiary/aromatic N) is 3. The zero-order valence-corrected chi connectivity index (χ0v) is 21.1. The zero-order valence-electron chi connectivity index (χ0n) is 18.9. The summed E-state index contributed by atoms with van der Waals surface area (Å²) < 4.78 is 38.2. The monoisotopic (exact) mass is 597 g/mol. The Balaban J connectivity index is 0.000000477. The molecule has 0 saturated carbocycles. The molecule has 0 aliphatic rings. The quantitative estimate of drug-likeness (QED) is 0.168. The van der Waals surface area contributed by atoms with Crippen LogP contribution in [0.2, 0.25) is 0 Å². The van der Waals surface area contributed by atoms with Gasteiger partial charge in [-0.1, -0.05) is 6.08 Å². The summed E-state index contributed by atoms with van der Waals surface area (Å²) in [5, 5.41) is 8.24. The van der Waals surface area contributed by atoms with Crippen molar-refractivity contribution in [2.45, 2.75) is 13.8 Å². The van der Waals surface area contributed by atoms with Gasteiger partial charge in [-0.3, -0.25) is 4.79 Å². The lowest BCUT2D eigenvalue weighted by Gasteiger charge is -1.92. The lowest BCUT2D eigenvalue weighted by Crippen LogP contribution is -1.89. The molecule has 184 valence electrons. The van der Waals surface area contributed by atoms with Gasteiger partial charge < -0.3 is 5.11 Å². The van der Waals surface area contributed by atoms with Crippen LogP contribution in [0.25, 0.3) is 12.2 Å². The van der Waals surface area contributed by atoms with Crippen molar-refractivity contribution in [3.63, 3.8) is 0 Å². The molecule has 0 saturated heterocycles. The van der Waals surface area contributed by atoms with Crippen molar-refractivity contribution in [2.24, 2.45) is 0 Å². The van der Waals surface area contributed by atoms with Crippen LogP contribution in [-0.2, 0) is 9.59 Å². The van der Waals surface area contributed by atoms with Gasteiger partial charge in [0, 0.05) is 35.8 Å². The average Bonchev–Trinajstić information content (AvgIpc) is 2.81. The Morgan fingerprint density at radius 2 is 1.26 bits per heavy atom. The highest BCUT2D eigenvalue weighted by molar-refractivity contribution is 14.1. The van der Waals surface area contributed by atoms with E-state index in [4.69, 9.17) is 5.11 Å². The Morgan fingerprint density at radius 1 is 0.857 bits per heavy atom. The molecule has 0 atom stereocenters. The maximum atomic E-state index is 12.8. The van der Waals surface area contributed by atoms with Crippen LogP contribution in [0.15, 0.2) is 79.8 Å². The average molecular weight is 597 g/mol. The van der Waals surface area contributed by atoms with Crippen LogP contribution in [0.1, 0.15) is 25.0 Å². The van der Waals surface area contributed by atoms with Gasteiger partial charge in [-0.05, 0) is 91.1 Å². The van der Waals surface area contributed by atoms with Gasteiger partial charge in [0.25, 0.3) is 0 Å². The van der Waals surface area contributed by atoms with E-state index in [0.717, 1.165) is 12.2 Å². The van der Waals surface area contributed by atoms with E-state index < -0.39 is 23.8 Å². The van der Waals surface area contributed by atoms with E-state index in [-0.39, 0.29) is 11.3 Å². The van der Waals surface area contributed by atoms with Crippen molar-refractivity contribution in [3.05, 3.63) is 112 Å². The summed E-state index contributed by atoms with van der Waals surface area (Å²) in [6.07, 6.45) is 10.6. The highest BCUT2D eigenvalue weighted by Gasteiger charge is 1.97. The highest BCUT2D eigenvalue weighted by atomic mass is 127. The van der Waals surface area contributed by atoms with E-state index >= 15 is 0 Å². The third-order valence-corrected chi connectivity index (χ3v) is 4.00. The number of ketones is 1. The number of aliphatic carboxylic acids is 1. The molecule has 3 aromatic heterocycles. The fraction of sp³-hybridized carbons (Fsp3) is 0.0800. The molecule has 0 aliphatic carbocycles. The predicted molar refractivity (Wildman–Crippen MR) is 138 cm³/mol. The first-order valence-corrected chi connectivity index (χ1v) is 10.8. The minimum absolute atomic E-state index is 0.113. The number of pyridine rings is 3. The maximum absolute atomic E-state index is 12.8. The number of hydrogen-bond acceptors (Lipinski definition) is 5. The molecule has 0 aliphatic heterocycles. The van der Waals surface area contributed by atoms with Gasteiger partial charge in [0.05, 0.1) is 3.57 Å². The highest BCUT2D eigenvalue weighted by Crippen LogP contribution is 2.06. The molecule has 0 aromatic carbocycles. The van der Waals surface area contributed by atoms with Crippen molar-refractivity contribution in [3.8, 4) is 0 Å². The Kier molecular flexibility index (Phi) is 16.8. The van der Waals surface area contributed by atoms with Gasteiger partial charge in [0.15, 0.2) is 5.78 Å². The Labute approximate surface area is 215 Å². The molecule has 0 fully saturated rings. The van der Waals surface area contributed by atoms with Crippen LogP contribution in [0.5, 0.6) is 0 Å². The van der Waals surface area contributed by atoms with Gasteiger partial charge in [0.1, 0.15) is 0 Å². The van der Waals surface area contributed by atoms with Gasteiger partial charge >= 0.3 is 5.97 Å². The standard InChI is InChI=1S/C9H8FNO.C8H6FNO2.C5H3FIN.C3H6/c1-7(12)4-5-8-3-2-6-11-9(8)10;9-8-6(2-1-5-10-8)3-4-7(11)12;6-5-4(7)2-1-3-8-5;1-3-2/h2-6H,1H3;1-5H,(H,11,12);1-3H;3H,1H2,2H3/b5-4+;4-3+;;. The summed E-state index contributed by atoms with van der Waals surface area (Å²) in [6, 6.07) is 9.52. The summed E-state index contributed by atoms with van der Waals surface area (Å²) >= 11 is 1.89. The van der Waals surface area contributed by atoms with E-state index in [2.05, 4.69) is 21.5 Å². The first kappa shape index (κ1) is 31.3. The minimum Gasteiger partial charge on any atom is -0.478 e. The number of halogens is 4. The summed E-state index contributed by atoms with van der Waals surface area (Å²) in [7, 11) is 0. The Bertz CT molecular complexity index is 1070. The van der Waals surface area contributed by atoms with Crippen LogP contribution < -0.4 is 0 Å². The van der Waals surface area contributed by atoms with Crippen LogP contribution in [0.3, 0.4) is 0 Å². The summed E-state index contributed by atoms with van der Waals surface area (Å²) in [5.74, 6) is -2.85. The van der Waals surface area contributed by atoms with Crippen LogP contribution in [-0.4, -0.2) is 31.8 Å². The van der Waals surface area contributed by atoms with E-state index in [1.54, 1.807) is 30.3 Å². The number of carboxylic acids is 1. The molecule has 10 heteroatoms. The molecule has 0 amide bonds. The number of rotatable bonds is 4. The lowest BCUT2D eigenvalue weighted by molar-refractivity contribution is -0.131. The van der Waals surface area contributed by atoms with Crippen LogP contribution in [0.4, 0.5) is 13.2 Å². The van der Waals surface area contributed by atoms with Crippen LogP contribution in [0, 0.1) is 21.4 Å². The molecule has 6 nitrogen and oxygen atoms in total. The third-order valence-electron chi connectivity index (χ3n) is 3.19. The second-order valence-corrected chi connectivity index (χ2v) is 7.23. The van der Waals surface area contributed by atoms with Crippen LogP contribution >= 0.6 is 22.6 Å². The molecule has 0 spiro atoms. The van der Waals surface area contributed by atoms with Crippen molar-refractivity contribution < 1.29 is 27.9 Å². The first-order valence-electron chi connectivity index (χ1n) is 9.76. The van der Waals surface area contributed by atoms with E-state index in [1.807, 2.05) is 29.5 Å². The van der Waals surface area contributed by atoms with Gasteiger partial charge in [0.2, 0.25) is 17.8 Å². The molecule has 0 radical (unpaired) electrons. The van der Waals surface area contributed by atoms with Gasteiger partial charge in [-0.15, -0.1) is 6.58 Å². The summed E-state index contributed by atoms with van der Waals surface area (Å²) in [6.45, 7) is 6.66. The van der Waals surface area contributed by atoms with E-state index in [1.165, 1.54) is 49.8 Å². The first-order chi connectivity index (χ1) is 16.6. The SMILES string of the molecule is C=CC.CC(=O)/C=C/c1cccnc1F.Fc1ncccc1I.O=C(O)/C=C/c1cccnc1F. The second kappa shape index (κ2) is 18.7. The number of carboxylic acid groups (broad SMARTS) is 1. The Hall–Kier alpha value is -3.67. The molecule has 0 unspecified atom stereocenters. The molecule has 0 bridgehead atoms. The smallest absolute Gasteiger partial charge is 0.328 e. The second-order valence-electron chi connectivity index (χ2n) is 6.07. The normalized spacial score (nSPS) is 9.66. The predicted octanol–water partition coefficient (Wildman–Crippen LogP) is 6.16. The largest absolute Gasteiger partial charge is 0.478 e. The van der Waals surface area contributed by atoms with Gasteiger partial charge in [-0.25, -0.2) is 19.7 Å². The van der Waals surface area contributed by atoms with Crippen molar-refractivity contribution in [1.82, 2.24) is 15.0 Å². The molecular weight excluding hydrogens is 574 g/mol. The topological polar surface area (TPSA) is 93.0 Å². The molecule has 35 heavy (non-hydrogen) atoms. The summed E-state index contributed by atoms with van der Waals surface area (Å²) in [5.41, 5.74) is 0.493. The lowest BCUT2D eigenvalue weighted by atomic mass is 10.2. The van der Waals surface area contributed by atoms with Crippen molar-refractivity contribution in [2.75, 3.05) is 0 Å². The number of carbonyl (C=O) groups is 2. The fourth-order valence-corrected chi connectivity index (χ4v) is 2.13. The molecular formula is C25H23F3IN3O3. The Morgan fingerprint density at radius 3 is 1.57 bits per heavy atom. The molecule has 3 rings (SSSR count). The van der Waals surface area contributed by atoms with Gasteiger partial charge in [-0.2, -0.15) is 13.2 Å². The number of carbonyl (C=O) groups excluding carboxylic acids is 1. The fourth-order valence-electron chi connectivity index (χ4n) is 1.78. The van der Waals surface area contributed by atoms with E-state index in [9.17, 15) is 22.8 Å². The zero-order chi connectivity index (χ0) is 26.6. The number of aromatic nitrogens is 3. The van der Waals surface area contributed by atoms with Crippen molar-refractivity contribution in [1.29, 1.82) is 0 Å².